The van der Waals surface area contributed by atoms with Crippen LogP contribution in [-0.4, -0.2) is 11.2 Å². The van der Waals surface area contributed by atoms with Crippen LogP contribution in [0.3, 0.4) is 0 Å². The zero-order chi connectivity index (χ0) is 11.4. The zero-order valence-electron chi connectivity index (χ0n) is 9.03. The van der Waals surface area contributed by atoms with Gasteiger partial charge < -0.3 is 9.84 Å². The molecule has 0 heterocycles. The Morgan fingerprint density at radius 2 is 2.31 bits per heavy atom. The fourth-order valence-electron chi connectivity index (χ4n) is 1.78. The highest BCUT2D eigenvalue weighted by Crippen LogP contribution is 2.28. The molecule has 1 aliphatic carbocycles. The van der Waals surface area contributed by atoms with Crippen LogP contribution >= 0.6 is 15.9 Å². The summed E-state index contributed by atoms with van der Waals surface area (Å²) in [5.74, 6) is 0.841. The average Bonchev–Trinajstić information content (AvgIpc) is 2.33. The Kier molecular flexibility index (Phi) is 4.02. The molecule has 0 amide bonds. The van der Waals surface area contributed by atoms with Gasteiger partial charge in [0.2, 0.25) is 0 Å². The van der Waals surface area contributed by atoms with Crippen LogP contribution in [0.1, 0.15) is 24.8 Å². The van der Waals surface area contributed by atoms with Gasteiger partial charge in [0.15, 0.2) is 0 Å². The third kappa shape index (κ3) is 2.86. The van der Waals surface area contributed by atoms with E-state index >= 15 is 0 Å². The normalized spacial score (nSPS) is 19.8. The second-order valence-electron chi connectivity index (χ2n) is 3.94. The highest BCUT2D eigenvalue weighted by atomic mass is 79.9. The van der Waals surface area contributed by atoms with Gasteiger partial charge in [-0.05, 0) is 59.0 Å². The summed E-state index contributed by atoms with van der Waals surface area (Å²) in [6, 6.07) is 5.67. The molecule has 3 heteroatoms. The molecule has 1 atom stereocenters. The van der Waals surface area contributed by atoms with Crippen LogP contribution in [-0.2, 0) is 6.61 Å². The van der Waals surface area contributed by atoms with E-state index in [0.29, 0.717) is 0 Å². The molecule has 2 rings (SSSR count). The first-order chi connectivity index (χ1) is 7.79. The fraction of sp³-hybridized carbons (Fsp3) is 0.385. The minimum absolute atomic E-state index is 0.0577. The van der Waals surface area contributed by atoms with Crippen LogP contribution in [0.15, 0.2) is 34.8 Å². The van der Waals surface area contributed by atoms with Gasteiger partial charge in [0.25, 0.3) is 0 Å². The van der Waals surface area contributed by atoms with Crippen LogP contribution in [0, 0.1) is 0 Å². The Hall–Kier alpha value is -0.800. The van der Waals surface area contributed by atoms with Gasteiger partial charge in [0, 0.05) is 0 Å². The number of ether oxygens (including phenoxy) is 1. The molecule has 86 valence electrons. The Balaban J connectivity index is 2.09. The predicted octanol–water partition coefficient (Wildman–Crippen LogP) is 3.43. The van der Waals surface area contributed by atoms with Gasteiger partial charge in [-0.2, -0.15) is 0 Å². The molecule has 1 unspecified atom stereocenters. The molecular formula is C13H15BrO2. The van der Waals surface area contributed by atoms with Gasteiger partial charge in [-0.15, -0.1) is 0 Å². The molecular weight excluding hydrogens is 268 g/mol. The Bertz CT molecular complexity index is 388. The minimum atomic E-state index is 0.0577. The number of hydrogen-bond acceptors (Lipinski definition) is 2. The lowest BCUT2D eigenvalue weighted by atomic mass is 10.1. The fourth-order valence-corrected chi connectivity index (χ4v) is 2.30. The van der Waals surface area contributed by atoms with E-state index in [-0.39, 0.29) is 12.7 Å². The van der Waals surface area contributed by atoms with Crippen molar-refractivity contribution in [1.29, 1.82) is 0 Å². The number of rotatable bonds is 3. The maximum Gasteiger partial charge on any atom is 0.134 e. The summed E-state index contributed by atoms with van der Waals surface area (Å²) in [4.78, 5) is 0. The van der Waals surface area contributed by atoms with E-state index in [1.54, 1.807) is 0 Å². The molecule has 0 aromatic heterocycles. The molecule has 0 saturated carbocycles. The molecule has 0 fully saturated rings. The lowest BCUT2D eigenvalue weighted by Gasteiger charge is -2.19. The smallest absolute Gasteiger partial charge is 0.134 e. The number of aliphatic hydroxyl groups excluding tert-OH is 1. The molecule has 1 aromatic carbocycles. The van der Waals surface area contributed by atoms with Crippen molar-refractivity contribution in [2.75, 3.05) is 0 Å². The standard InChI is InChI=1S/C13H15BrO2/c14-12-8-10(9-15)6-7-13(12)16-11-4-2-1-3-5-11/h2,4,6-8,11,15H,1,3,5,9H2. The van der Waals surface area contributed by atoms with Crippen molar-refractivity contribution in [3.05, 3.63) is 40.4 Å². The molecule has 1 aromatic rings. The van der Waals surface area contributed by atoms with Gasteiger partial charge in [-0.1, -0.05) is 12.1 Å². The van der Waals surface area contributed by atoms with Gasteiger partial charge in [0.1, 0.15) is 11.9 Å². The molecule has 16 heavy (non-hydrogen) atoms. The van der Waals surface area contributed by atoms with E-state index in [0.717, 1.165) is 28.6 Å². The highest BCUT2D eigenvalue weighted by Gasteiger charge is 2.11. The van der Waals surface area contributed by atoms with E-state index in [9.17, 15) is 0 Å². The van der Waals surface area contributed by atoms with Crippen molar-refractivity contribution in [3.8, 4) is 5.75 Å². The van der Waals surface area contributed by atoms with Crippen molar-refractivity contribution >= 4 is 15.9 Å². The van der Waals surface area contributed by atoms with Gasteiger partial charge in [-0.25, -0.2) is 0 Å². The largest absolute Gasteiger partial charge is 0.485 e. The minimum Gasteiger partial charge on any atom is -0.485 e. The number of hydrogen-bond donors (Lipinski definition) is 1. The Labute approximate surface area is 104 Å². The van der Waals surface area contributed by atoms with Gasteiger partial charge in [-0.3, -0.25) is 0 Å². The van der Waals surface area contributed by atoms with Crippen molar-refractivity contribution in [2.24, 2.45) is 0 Å². The summed E-state index contributed by atoms with van der Waals surface area (Å²) < 4.78 is 6.77. The first-order valence-corrected chi connectivity index (χ1v) is 6.31. The maximum absolute atomic E-state index is 9.00. The maximum atomic E-state index is 9.00. The lowest BCUT2D eigenvalue weighted by molar-refractivity contribution is 0.228. The van der Waals surface area contributed by atoms with Crippen LogP contribution in [0.2, 0.25) is 0 Å². The van der Waals surface area contributed by atoms with Gasteiger partial charge >= 0.3 is 0 Å². The molecule has 0 saturated heterocycles. The van der Waals surface area contributed by atoms with E-state index in [2.05, 4.69) is 28.1 Å². The molecule has 1 N–H and O–H groups in total. The first-order valence-electron chi connectivity index (χ1n) is 5.52. The topological polar surface area (TPSA) is 29.5 Å². The van der Waals surface area contributed by atoms with Crippen molar-refractivity contribution in [1.82, 2.24) is 0 Å². The quantitative estimate of drug-likeness (QED) is 0.861. The van der Waals surface area contributed by atoms with Crippen molar-refractivity contribution in [3.63, 3.8) is 0 Å². The van der Waals surface area contributed by atoms with Crippen molar-refractivity contribution < 1.29 is 9.84 Å². The van der Waals surface area contributed by atoms with E-state index in [1.165, 1.54) is 6.42 Å². The predicted molar refractivity (Wildman–Crippen MR) is 67.5 cm³/mol. The van der Waals surface area contributed by atoms with Crippen molar-refractivity contribution in [2.45, 2.75) is 32.0 Å². The molecule has 1 aliphatic rings. The summed E-state index contributed by atoms with van der Waals surface area (Å²) in [6.07, 6.45) is 7.90. The summed E-state index contributed by atoms with van der Waals surface area (Å²) in [5, 5.41) is 9.00. The highest BCUT2D eigenvalue weighted by molar-refractivity contribution is 9.10. The molecule has 0 spiro atoms. The third-order valence-electron chi connectivity index (χ3n) is 2.67. The monoisotopic (exact) mass is 282 g/mol. The SMILES string of the molecule is OCc1ccc(OC2C=CCCC2)c(Br)c1. The van der Waals surface area contributed by atoms with Crippen LogP contribution in [0.25, 0.3) is 0 Å². The zero-order valence-corrected chi connectivity index (χ0v) is 10.6. The average molecular weight is 283 g/mol. The number of allylic oxidation sites excluding steroid dienone is 1. The third-order valence-corrected chi connectivity index (χ3v) is 3.29. The van der Waals surface area contributed by atoms with E-state index in [1.807, 2.05) is 18.2 Å². The number of halogens is 1. The van der Waals surface area contributed by atoms with E-state index in [4.69, 9.17) is 9.84 Å². The Morgan fingerprint density at radius 3 is 2.94 bits per heavy atom. The second-order valence-corrected chi connectivity index (χ2v) is 4.79. The number of benzene rings is 1. The summed E-state index contributed by atoms with van der Waals surface area (Å²) >= 11 is 3.45. The van der Waals surface area contributed by atoms with Crippen LogP contribution in [0.5, 0.6) is 5.75 Å². The summed E-state index contributed by atoms with van der Waals surface area (Å²) in [6.45, 7) is 0.0577. The molecule has 2 nitrogen and oxygen atoms in total. The molecule has 0 aliphatic heterocycles. The number of aliphatic hydroxyl groups is 1. The molecule has 0 bridgehead atoms. The molecule has 0 radical (unpaired) electrons. The summed E-state index contributed by atoms with van der Waals surface area (Å²) in [7, 11) is 0. The van der Waals surface area contributed by atoms with Crippen LogP contribution < -0.4 is 4.74 Å². The lowest BCUT2D eigenvalue weighted by Crippen LogP contribution is -2.15. The van der Waals surface area contributed by atoms with E-state index < -0.39 is 0 Å². The summed E-state index contributed by atoms with van der Waals surface area (Å²) in [5.41, 5.74) is 0.887. The second kappa shape index (κ2) is 5.51. The first kappa shape index (κ1) is 11.7. The Morgan fingerprint density at radius 1 is 1.44 bits per heavy atom. The van der Waals surface area contributed by atoms with Gasteiger partial charge in [0.05, 0.1) is 11.1 Å². The van der Waals surface area contributed by atoms with Crippen LogP contribution in [0.4, 0.5) is 0 Å².